The smallest absolute Gasteiger partial charge is 0.0774 e. The van der Waals surface area contributed by atoms with Crippen LogP contribution in [0.4, 0.5) is 0 Å². The summed E-state index contributed by atoms with van der Waals surface area (Å²) in [6.45, 7) is 9.42. The van der Waals surface area contributed by atoms with Crippen LogP contribution in [0.5, 0.6) is 0 Å². The lowest BCUT2D eigenvalue weighted by Gasteiger charge is -2.38. The molecule has 0 bridgehead atoms. The van der Waals surface area contributed by atoms with Crippen molar-refractivity contribution in [1.29, 1.82) is 0 Å². The molecule has 1 fully saturated rings. The second kappa shape index (κ2) is 4.84. The zero-order valence-corrected chi connectivity index (χ0v) is 10.8. The summed E-state index contributed by atoms with van der Waals surface area (Å²) < 4.78 is 0. The minimum atomic E-state index is -0.452. The Bertz CT molecular complexity index is 197. The fourth-order valence-corrected chi connectivity index (χ4v) is 2.40. The molecule has 2 nitrogen and oxygen atoms in total. The molecule has 0 aliphatic heterocycles. The SMILES string of the molecule is CCC1CCCC(O)(CNC(C)(C)C)C1. The van der Waals surface area contributed by atoms with E-state index in [1.165, 1.54) is 19.3 Å². The molecule has 2 heteroatoms. The predicted octanol–water partition coefficient (Wildman–Crippen LogP) is 2.71. The number of hydrogen-bond acceptors (Lipinski definition) is 2. The third-order valence-corrected chi connectivity index (χ3v) is 3.45. The molecule has 2 unspecified atom stereocenters. The molecule has 90 valence electrons. The van der Waals surface area contributed by atoms with Crippen LogP contribution < -0.4 is 5.32 Å². The second-order valence-electron chi connectivity index (χ2n) is 6.20. The van der Waals surface area contributed by atoms with Crippen molar-refractivity contribution < 1.29 is 5.11 Å². The molecule has 0 spiro atoms. The maximum Gasteiger partial charge on any atom is 0.0774 e. The zero-order chi connectivity index (χ0) is 11.5. The Hall–Kier alpha value is -0.0800. The van der Waals surface area contributed by atoms with Crippen LogP contribution in [-0.4, -0.2) is 22.8 Å². The standard InChI is InChI=1S/C13H27NO/c1-5-11-7-6-8-13(15,9-11)10-14-12(2,3)4/h11,14-15H,5-10H2,1-4H3. The summed E-state index contributed by atoms with van der Waals surface area (Å²) in [7, 11) is 0. The molecule has 2 N–H and O–H groups in total. The van der Waals surface area contributed by atoms with Gasteiger partial charge in [0.1, 0.15) is 0 Å². The van der Waals surface area contributed by atoms with Crippen LogP contribution in [0.25, 0.3) is 0 Å². The van der Waals surface area contributed by atoms with Crippen molar-refractivity contribution in [3.05, 3.63) is 0 Å². The Balaban J connectivity index is 2.43. The van der Waals surface area contributed by atoms with Gasteiger partial charge in [0.2, 0.25) is 0 Å². The van der Waals surface area contributed by atoms with Crippen LogP contribution in [-0.2, 0) is 0 Å². The van der Waals surface area contributed by atoms with Crippen molar-refractivity contribution in [1.82, 2.24) is 5.32 Å². The van der Waals surface area contributed by atoms with E-state index in [4.69, 9.17) is 0 Å². The normalized spacial score (nSPS) is 33.0. The van der Waals surface area contributed by atoms with E-state index in [1.54, 1.807) is 0 Å². The lowest BCUT2D eigenvalue weighted by molar-refractivity contribution is -0.0196. The highest BCUT2D eigenvalue weighted by Gasteiger charge is 2.34. The quantitative estimate of drug-likeness (QED) is 0.755. The van der Waals surface area contributed by atoms with E-state index >= 15 is 0 Å². The average Bonchev–Trinajstić information content (AvgIpc) is 2.14. The summed E-state index contributed by atoms with van der Waals surface area (Å²) >= 11 is 0. The Morgan fingerprint density at radius 1 is 1.40 bits per heavy atom. The van der Waals surface area contributed by atoms with Crippen molar-refractivity contribution in [2.75, 3.05) is 6.54 Å². The molecule has 0 amide bonds. The fraction of sp³-hybridized carbons (Fsp3) is 1.00. The molecule has 0 saturated heterocycles. The van der Waals surface area contributed by atoms with Gasteiger partial charge in [-0.3, -0.25) is 0 Å². The first-order valence-corrected chi connectivity index (χ1v) is 6.32. The average molecular weight is 213 g/mol. The summed E-state index contributed by atoms with van der Waals surface area (Å²) in [6, 6.07) is 0. The Kier molecular flexibility index (Phi) is 4.19. The van der Waals surface area contributed by atoms with Crippen molar-refractivity contribution in [2.24, 2.45) is 5.92 Å². The Morgan fingerprint density at radius 2 is 2.07 bits per heavy atom. The molecule has 0 aromatic carbocycles. The molecule has 0 aromatic rings. The minimum absolute atomic E-state index is 0.106. The van der Waals surface area contributed by atoms with Gasteiger partial charge < -0.3 is 10.4 Å². The van der Waals surface area contributed by atoms with E-state index in [-0.39, 0.29) is 5.54 Å². The van der Waals surface area contributed by atoms with Crippen molar-refractivity contribution >= 4 is 0 Å². The number of rotatable bonds is 3. The number of hydrogen-bond donors (Lipinski definition) is 2. The Morgan fingerprint density at radius 3 is 2.60 bits per heavy atom. The molecule has 1 saturated carbocycles. The van der Waals surface area contributed by atoms with Crippen LogP contribution in [0.3, 0.4) is 0 Å². The molecule has 1 aliphatic carbocycles. The first-order chi connectivity index (χ1) is 6.85. The summed E-state index contributed by atoms with van der Waals surface area (Å²) in [5.41, 5.74) is -0.346. The van der Waals surface area contributed by atoms with Gasteiger partial charge in [0.05, 0.1) is 5.60 Å². The highest BCUT2D eigenvalue weighted by molar-refractivity contribution is 4.89. The molecule has 0 heterocycles. The molecule has 0 radical (unpaired) electrons. The van der Waals surface area contributed by atoms with E-state index in [0.29, 0.717) is 0 Å². The summed E-state index contributed by atoms with van der Waals surface area (Å²) in [5, 5.41) is 13.9. The van der Waals surface area contributed by atoms with E-state index in [9.17, 15) is 5.11 Å². The first-order valence-electron chi connectivity index (χ1n) is 6.32. The first kappa shape index (κ1) is 13.0. The summed E-state index contributed by atoms with van der Waals surface area (Å²) in [6.07, 6.45) is 5.63. The van der Waals surface area contributed by atoms with Gasteiger partial charge in [0, 0.05) is 12.1 Å². The van der Waals surface area contributed by atoms with Crippen LogP contribution in [0.1, 0.15) is 59.8 Å². The van der Waals surface area contributed by atoms with Crippen LogP contribution in [0.2, 0.25) is 0 Å². The summed E-state index contributed by atoms with van der Waals surface area (Å²) in [4.78, 5) is 0. The van der Waals surface area contributed by atoms with Crippen molar-refractivity contribution in [3.63, 3.8) is 0 Å². The fourth-order valence-electron chi connectivity index (χ4n) is 2.40. The minimum Gasteiger partial charge on any atom is -0.389 e. The lowest BCUT2D eigenvalue weighted by atomic mass is 9.77. The maximum atomic E-state index is 10.5. The summed E-state index contributed by atoms with van der Waals surface area (Å²) in [5.74, 6) is 0.727. The monoisotopic (exact) mass is 213 g/mol. The van der Waals surface area contributed by atoms with Crippen molar-refractivity contribution in [3.8, 4) is 0 Å². The van der Waals surface area contributed by atoms with E-state index in [0.717, 1.165) is 25.3 Å². The molecular weight excluding hydrogens is 186 g/mol. The van der Waals surface area contributed by atoms with E-state index in [1.807, 2.05) is 0 Å². The van der Waals surface area contributed by atoms with Gasteiger partial charge in [-0.1, -0.05) is 26.2 Å². The van der Waals surface area contributed by atoms with Gasteiger partial charge in [0.25, 0.3) is 0 Å². The van der Waals surface area contributed by atoms with Crippen molar-refractivity contribution in [2.45, 2.75) is 70.9 Å². The van der Waals surface area contributed by atoms with Gasteiger partial charge in [-0.15, -0.1) is 0 Å². The molecular formula is C13H27NO. The van der Waals surface area contributed by atoms with Gasteiger partial charge >= 0.3 is 0 Å². The molecule has 1 rings (SSSR count). The number of nitrogens with one attached hydrogen (secondary N) is 1. The second-order valence-corrected chi connectivity index (χ2v) is 6.20. The predicted molar refractivity (Wildman–Crippen MR) is 65.0 cm³/mol. The third kappa shape index (κ3) is 4.52. The molecule has 1 aliphatic rings. The van der Waals surface area contributed by atoms with Gasteiger partial charge in [-0.25, -0.2) is 0 Å². The number of aliphatic hydroxyl groups is 1. The zero-order valence-electron chi connectivity index (χ0n) is 10.8. The van der Waals surface area contributed by atoms with Gasteiger partial charge in [0.15, 0.2) is 0 Å². The lowest BCUT2D eigenvalue weighted by Crippen LogP contribution is -2.49. The van der Waals surface area contributed by atoms with Gasteiger partial charge in [-0.05, 0) is 39.5 Å². The molecule has 15 heavy (non-hydrogen) atoms. The highest BCUT2D eigenvalue weighted by Crippen LogP contribution is 2.33. The van der Waals surface area contributed by atoms with Crippen LogP contribution in [0.15, 0.2) is 0 Å². The highest BCUT2D eigenvalue weighted by atomic mass is 16.3. The Labute approximate surface area is 94.5 Å². The molecule has 0 aromatic heterocycles. The largest absolute Gasteiger partial charge is 0.389 e. The van der Waals surface area contributed by atoms with Crippen LogP contribution in [0, 0.1) is 5.92 Å². The topological polar surface area (TPSA) is 32.3 Å². The maximum absolute atomic E-state index is 10.5. The van der Waals surface area contributed by atoms with E-state index in [2.05, 4.69) is 33.0 Å². The van der Waals surface area contributed by atoms with E-state index < -0.39 is 5.60 Å². The third-order valence-electron chi connectivity index (χ3n) is 3.45. The van der Waals surface area contributed by atoms with Gasteiger partial charge in [-0.2, -0.15) is 0 Å². The molecule has 2 atom stereocenters. The van der Waals surface area contributed by atoms with Crippen LogP contribution >= 0.6 is 0 Å². The number of β-amino-alcohol motifs (C(OH)–C–C–N with tert-alkyl or cyclic N) is 1.